The first-order valence-electron chi connectivity index (χ1n) is 10.1. The molecule has 1 N–H and O–H groups in total. The molecule has 2 unspecified atom stereocenters. The molecule has 1 aliphatic rings. The minimum Gasteiger partial charge on any atom is -0.357 e. The number of aromatic nitrogens is 2. The third-order valence-corrected chi connectivity index (χ3v) is 5.36. The van der Waals surface area contributed by atoms with Crippen molar-refractivity contribution in [3.05, 3.63) is 53.3 Å². The van der Waals surface area contributed by atoms with Gasteiger partial charge in [-0.05, 0) is 43.7 Å². The van der Waals surface area contributed by atoms with Crippen molar-refractivity contribution in [3.8, 4) is 0 Å². The van der Waals surface area contributed by atoms with E-state index in [-0.39, 0.29) is 24.0 Å². The molecule has 2 atom stereocenters. The van der Waals surface area contributed by atoms with Gasteiger partial charge in [-0.25, -0.2) is 0 Å². The zero-order valence-electron chi connectivity index (χ0n) is 17.6. The molecule has 1 aromatic carbocycles. The highest BCUT2D eigenvalue weighted by atomic mass is 127. The van der Waals surface area contributed by atoms with Gasteiger partial charge in [0.2, 0.25) is 0 Å². The van der Waals surface area contributed by atoms with Crippen LogP contribution in [0.2, 0.25) is 0 Å². The van der Waals surface area contributed by atoms with Crippen molar-refractivity contribution in [1.82, 2.24) is 20.0 Å². The molecule has 0 radical (unpaired) electrons. The van der Waals surface area contributed by atoms with Gasteiger partial charge in [0.15, 0.2) is 5.96 Å². The Morgan fingerprint density at radius 1 is 1.32 bits per heavy atom. The number of halogens is 1. The van der Waals surface area contributed by atoms with Crippen LogP contribution in [-0.4, -0.2) is 46.8 Å². The van der Waals surface area contributed by atoms with Crippen LogP contribution >= 0.6 is 24.0 Å². The molecule has 0 saturated carbocycles. The summed E-state index contributed by atoms with van der Waals surface area (Å²) in [5, 5.41) is 7.78. The van der Waals surface area contributed by atoms with E-state index in [0.29, 0.717) is 11.8 Å². The van der Waals surface area contributed by atoms with Gasteiger partial charge in [0.25, 0.3) is 0 Å². The van der Waals surface area contributed by atoms with Crippen LogP contribution in [0.4, 0.5) is 0 Å². The molecule has 0 amide bonds. The van der Waals surface area contributed by atoms with Crippen LogP contribution in [0.25, 0.3) is 0 Å². The highest BCUT2D eigenvalue weighted by Gasteiger charge is 2.25. The third-order valence-electron chi connectivity index (χ3n) is 5.36. The molecule has 2 heterocycles. The summed E-state index contributed by atoms with van der Waals surface area (Å²) < 4.78 is 1.89. The second-order valence-electron chi connectivity index (χ2n) is 7.83. The standard InChI is InChI=1S/C22H33N5.HI/c1-5-23-22(24-13-18(3)21-8-6-17(2)7-9-21)27-11-10-19(16-27)12-20-14-25-26(4)15-20;/h6-9,14-15,18-19H,5,10-13,16H2,1-4H3,(H,23,24);1H. The van der Waals surface area contributed by atoms with Gasteiger partial charge >= 0.3 is 0 Å². The van der Waals surface area contributed by atoms with Crippen molar-refractivity contribution in [2.24, 2.45) is 18.0 Å². The lowest BCUT2D eigenvalue weighted by atomic mass is 10.0. The normalized spacial score (nSPS) is 18.1. The van der Waals surface area contributed by atoms with Crippen LogP contribution < -0.4 is 5.32 Å². The van der Waals surface area contributed by atoms with E-state index in [4.69, 9.17) is 4.99 Å². The van der Waals surface area contributed by atoms with Crippen molar-refractivity contribution in [3.63, 3.8) is 0 Å². The van der Waals surface area contributed by atoms with Crippen LogP contribution in [0.1, 0.15) is 42.9 Å². The lowest BCUT2D eigenvalue weighted by molar-refractivity contribution is 0.459. The summed E-state index contributed by atoms with van der Waals surface area (Å²) in [6, 6.07) is 8.82. The van der Waals surface area contributed by atoms with Crippen molar-refractivity contribution in [2.45, 2.75) is 39.5 Å². The van der Waals surface area contributed by atoms with E-state index in [2.05, 4.69) is 66.5 Å². The summed E-state index contributed by atoms with van der Waals surface area (Å²) in [5.74, 6) is 2.16. The fourth-order valence-corrected chi connectivity index (χ4v) is 3.75. The fraction of sp³-hybridized carbons (Fsp3) is 0.545. The van der Waals surface area contributed by atoms with Crippen molar-refractivity contribution in [1.29, 1.82) is 0 Å². The molecule has 6 heteroatoms. The molecule has 0 aliphatic carbocycles. The topological polar surface area (TPSA) is 45.5 Å². The first-order chi connectivity index (χ1) is 13.0. The fourth-order valence-electron chi connectivity index (χ4n) is 3.75. The Bertz CT molecular complexity index is 753. The maximum atomic E-state index is 4.95. The molecular formula is C22H34IN5. The van der Waals surface area contributed by atoms with Gasteiger partial charge in [-0.2, -0.15) is 5.10 Å². The minimum absolute atomic E-state index is 0. The van der Waals surface area contributed by atoms with E-state index in [1.807, 2.05) is 17.9 Å². The number of nitrogens with one attached hydrogen (secondary N) is 1. The summed E-state index contributed by atoms with van der Waals surface area (Å²) in [7, 11) is 1.98. The number of hydrogen-bond acceptors (Lipinski definition) is 2. The van der Waals surface area contributed by atoms with Gasteiger partial charge in [0, 0.05) is 45.3 Å². The maximum absolute atomic E-state index is 4.95. The molecule has 154 valence electrons. The summed E-state index contributed by atoms with van der Waals surface area (Å²) >= 11 is 0. The van der Waals surface area contributed by atoms with Crippen LogP contribution in [0.3, 0.4) is 0 Å². The number of aryl methyl sites for hydroxylation is 2. The molecular weight excluding hydrogens is 461 g/mol. The quantitative estimate of drug-likeness (QED) is 0.375. The summed E-state index contributed by atoms with van der Waals surface area (Å²) in [6.07, 6.45) is 6.44. The van der Waals surface area contributed by atoms with Gasteiger partial charge in [0.05, 0.1) is 6.20 Å². The van der Waals surface area contributed by atoms with Gasteiger partial charge < -0.3 is 10.2 Å². The molecule has 0 spiro atoms. The van der Waals surface area contributed by atoms with Crippen molar-refractivity contribution in [2.75, 3.05) is 26.2 Å². The largest absolute Gasteiger partial charge is 0.357 e. The Kier molecular flexibility index (Phi) is 8.79. The number of guanidine groups is 1. The second kappa shape index (κ2) is 10.8. The summed E-state index contributed by atoms with van der Waals surface area (Å²) in [6.45, 7) is 10.4. The van der Waals surface area contributed by atoms with Gasteiger partial charge in [-0.15, -0.1) is 24.0 Å². The molecule has 28 heavy (non-hydrogen) atoms. The zero-order valence-corrected chi connectivity index (χ0v) is 19.9. The van der Waals surface area contributed by atoms with E-state index < -0.39 is 0 Å². The highest BCUT2D eigenvalue weighted by Crippen LogP contribution is 2.21. The number of benzene rings is 1. The lowest BCUT2D eigenvalue weighted by Crippen LogP contribution is -2.40. The van der Waals surface area contributed by atoms with Crippen molar-refractivity contribution < 1.29 is 0 Å². The first-order valence-corrected chi connectivity index (χ1v) is 10.1. The summed E-state index contributed by atoms with van der Waals surface area (Å²) in [5.41, 5.74) is 4.00. The monoisotopic (exact) mass is 495 g/mol. The van der Waals surface area contributed by atoms with E-state index in [1.165, 1.54) is 23.1 Å². The zero-order chi connectivity index (χ0) is 19.2. The molecule has 1 fully saturated rings. The van der Waals surface area contributed by atoms with E-state index in [0.717, 1.165) is 38.6 Å². The number of rotatable bonds is 6. The van der Waals surface area contributed by atoms with Crippen LogP contribution in [-0.2, 0) is 13.5 Å². The molecule has 1 aromatic heterocycles. The lowest BCUT2D eigenvalue weighted by Gasteiger charge is -2.22. The SMILES string of the molecule is CCNC(=NCC(C)c1ccc(C)cc1)N1CCC(Cc2cnn(C)c2)C1.I. The predicted octanol–water partition coefficient (Wildman–Crippen LogP) is 3.98. The van der Waals surface area contributed by atoms with E-state index in [1.54, 1.807) is 0 Å². The van der Waals surface area contributed by atoms with Crippen LogP contribution in [0.5, 0.6) is 0 Å². The van der Waals surface area contributed by atoms with Gasteiger partial charge in [-0.3, -0.25) is 9.67 Å². The van der Waals surface area contributed by atoms with Gasteiger partial charge in [-0.1, -0.05) is 36.8 Å². The molecule has 3 rings (SSSR count). The van der Waals surface area contributed by atoms with Crippen molar-refractivity contribution >= 4 is 29.9 Å². The third kappa shape index (κ3) is 6.22. The average Bonchev–Trinajstić information content (AvgIpc) is 3.28. The molecule has 1 aliphatic heterocycles. The van der Waals surface area contributed by atoms with E-state index >= 15 is 0 Å². The number of likely N-dealkylation sites (tertiary alicyclic amines) is 1. The smallest absolute Gasteiger partial charge is 0.193 e. The second-order valence-corrected chi connectivity index (χ2v) is 7.83. The van der Waals surface area contributed by atoms with Crippen LogP contribution in [0, 0.1) is 12.8 Å². The molecule has 5 nitrogen and oxygen atoms in total. The number of nitrogens with zero attached hydrogens (tertiary/aromatic N) is 4. The Morgan fingerprint density at radius 2 is 2.07 bits per heavy atom. The number of aliphatic imine (C=N–C) groups is 1. The Balaban J connectivity index is 0.00000280. The Morgan fingerprint density at radius 3 is 2.71 bits per heavy atom. The van der Waals surface area contributed by atoms with Gasteiger partial charge in [0.1, 0.15) is 0 Å². The van der Waals surface area contributed by atoms with E-state index in [9.17, 15) is 0 Å². The molecule has 2 aromatic rings. The Labute approximate surface area is 186 Å². The predicted molar refractivity (Wildman–Crippen MR) is 128 cm³/mol. The summed E-state index contributed by atoms with van der Waals surface area (Å²) in [4.78, 5) is 7.38. The Hall–Kier alpha value is -1.57. The maximum Gasteiger partial charge on any atom is 0.193 e. The number of hydrogen-bond donors (Lipinski definition) is 1. The highest BCUT2D eigenvalue weighted by molar-refractivity contribution is 14.0. The minimum atomic E-state index is 0. The van der Waals surface area contributed by atoms with Crippen LogP contribution in [0.15, 0.2) is 41.7 Å². The molecule has 0 bridgehead atoms. The average molecular weight is 495 g/mol. The molecule has 1 saturated heterocycles. The first kappa shape index (κ1) is 22.7.